The summed E-state index contributed by atoms with van der Waals surface area (Å²) in [5, 5.41) is 3.21. The monoisotopic (exact) mass is 323 g/mol. The minimum Gasteiger partial charge on any atom is -0.383 e. The number of rotatable bonds is 5. The summed E-state index contributed by atoms with van der Waals surface area (Å²) in [4.78, 5) is 0. The van der Waals surface area contributed by atoms with E-state index in [1.807, 2.05) is 32.0 Å². The summed E-state index contributed by atoms with van der Waals surface area (Å²) in [6.45, 7) is 3.87. The number of alkyl halides is 3. The van der Waals surface area contributed by atoms with Crippen LogP contribution in [-0.2, 0) is 0 Å². The van der Waals surface area contributed by atoms with E-state index in [0.717, 1.165) is 15.7 Å². The highest BCUT2D eigenvalue weighted by atomic mass is 79.9. The van der Waals surface area contributed by atoms with Gasteiger partial charge in [-0.05, 0) is 50.5 Å². The van der Waals surface area contributed by atoms with Crippen molar-refractivity contribution in [2.24, 2.45) is 0 Å². The third kappa shape index (κ3) is 5.76. The molecule has 0 saturated carbocycles. The van der Waals surface area contributed by atoms with Crippen LogP contribution in [0.2, 0.25) is 0 Å². The van der Waals surface area contributed by atoms with E-state index < -0.39 is 12.6 Å². The van der Waals surface area contributed by atoms with Crippen molar-refractivity contribution in [1.29, 1.82) is 0 Å². The molecule has 0 aliphatic carbocycles. The first-order chi connectivity index (χ1) is 8.28. The van der Waals surface area contributed by atoms with Crippen LogP contribution in [0.4, 0.5) is 18.9 Å². The third-order valence-corrected chi connectivity index (χ3v) is 3.56. The molecule has 1 nitrogen and oxygen atoms in total. The molecule has 1 N–H and O–H groups in total. The standard InChI is InChI=1S/C13H17BrF3N/c1-9-8-11(5-6-12(9)14)18-10(2)4-3-7-13(15,16)17/h5-6,8,10,18H,3-4,7H2,1-2H3. The van der Waals surface area contributed by atoms with Crippen LogP contribution in [0.25, 0.3) is 0 Å². The average molecular weight is 324 g/mol. The van der Waals surface area contributed by atoms with Gasteiger partial charge in [-0.2, -0.15) is 13.2 Å². The minimum atomic E-state index is -4.05. The van der Waals surface area contributed by atoms with Crippen molar-refractivity contribution in [2.75, 3.05) is 5.32 Å². The second-order valence-corrected chi connectivity index (χ2v) is 5.37. The number of halogens is 4. The normalized spacial score (nSPS) is 13.4. The lowest BCUT2D eigenvalue weighted by atomic mass is 10.1. The van der Waals surface area contributed by atoms with Gasteiger partial charge in [0.15, 0.2) is 0 Å². The number of benzene rings is 1. The zero-order valence-corrected chi connectivity index (χ0v) is 12.0. The molecule has 0 heterocycles. The summed E-state index contributed by atoms with van der Waals surface area (Å²) in [6, 6.07) is 5.86. The van der Waals surface area contributed by atoms with E-state index >= 15 is 0 Å². The number of nitrogens with one attached hydrogen (secondary N) is 1. The highest BCUT2D eigenvalue weighted by molar-refractivity contribution is 9.10. The summed E-state index contributed by atoms with van der Waals surface area (Å²) < 4.78 is 37.0. The Balaban J connectivity index is 2.40. The fourth-order valence-corrected chi connectivity index (χ4v) is 1.95. The topological polar surface area (TPSA) is 12.0 Å². The van der Waals surface area contributed by atoms with Crippen LogP contribution >= 0.6 is 15.9 Å². The van der Waals surface area contributed by atoms with Crippen molar-refractivity contribution < 1.29 is 13.2 Å². The summed E-state index contributed by atoms with van der Waals surface area (Å²) in [7, 11) is 0. The van der Waals surface area contributed by atoms with E-state index in [4.69, 9.17) is 0 Å². The lowest BCUT2D eigenvalue weighted by Crippen LogP contribution is -2.16. The van der Waals surface area contributed by atoms with Crippen molar-refractivity contribution in [1.82, 2.24) is 0 Å². The fraction of sp³-hybridized carbons (Fsp3) is 0.538. The minimum absolute atomic E-state index is 0.0351. The molecule has 102 valence electrons. The summed E-state index contributed by atoms with van der Waals surface area (Å²) in [5.74, 6) is 0. The first kappa shape index (κ1) is 15.3. The van der Waals surface area contributed by atoms with Crippen molar-refractivity contribution in [2.45, 2.75) is 45.3 Å². The molecular weight excluding hydrogens is 307 g/mol. The average Bonchev–Trinajstić information content (AvgIpc) is 2.21. The molecular formula is C13H17BrF3N. The van der Waals surface area contributed by atoms with Crippen LogP contribution in [-0.4, -0.2) is 12.2 Å². The molecule has 5 heteroatoms. The van der Waals surface area contributed by atoms with Gasteiger partial charge < -0.3 is 5.32 Å². The van der Waals surface area contributed by atoms with Crippen LogP contribution < -0.4 is 5.32 Å². The fourth-order valence-electron chi connectivity index (χ4n) is 1.70. The zero-order valence-electron chi connectivity index (χ0n) is 10.4. The Hall–Kier alpha value is -0.710. The Morgan fingerprint density at radius 1 is 1.33 bits per heavy atom. The number of aryl methyl sites for hydroxylation is 1. The van der Waals surface area contributed by atoms with Crippen molar-refractivity contribution in [3.05, 3.63) is 28.2 Å². The Bertz CT molecular complexity index is 390. The van der Waals surface area contributed by atoms with Crippen LogP contribution in [0, 0.1) is 6.92 Å². The first-order valence-electron chi connectivity index (χ1n) is 5.87. The largest absolute Gasteiger partial charge is 0.389 e. The maximum Gasteiger partial charge on any atom is 0.389 e. The molecule has 1 unspecified atom stereocenters. The van der Waals surface area contributed by atoms with Crippen LogP contribution in [0.5, 0.6) is 0 Å². The molecule has 1 atom stereocenters. The van der Waals surface area contributed by atoms with E-state index in [1.165, 1.54) is 0 Å². The van der Waals surface area contributed by atoms with Crippen LogP contribution in [0.3, 0.4) is 0 Å². The summed E-state index contributed by atoms with van der Waals surface area (Å²) >= 11 is 3.41. The van der Waals surface area contributed by atoms with Gasteiger partial charge in [0.25, 0.3) is 0 Å². The van der Waals surface area contributed by atoms with Gasteiger partial charge in [0.1, 0.15) is 0 Å². The lowest BCUT2D eigenvalue weighted by molar-refractivity contribution is -0.135. The Kier molecular flexibility index (Phi) is 5.50. The van der Waals surface area contributed by atoms with Gasteiger partial charge in [0.05, 0.1) is 0 Å². The van der Waals surface area contributed by atoms with Gasteiger partial charge in [-0.3, -0.25) is 0 Å². The van der Waals surface area contributed by atoms with Gasteiger partial charge >= 0.3 is 6.18 Å². The quantitative estimate of drug-likeness (QED) is 0.776. The van der Waals surface area contributed by atoms with Gasteiger partial charge in [-0.1, -0.05) is 15.9 Å². The van der Waals surface area contributed by atoms with Gasteiger partial charge in [0, 0.05) is 22.6 Å². The van der Waals surface area contributed by atoms with E-state index in [9.17, 15) is 13.2 Å². The molecule has 1 aromatic rings. The maximum absolute atomic E-state index is 12.0. The second kappa shape index (κ2) is 6.45. The molecule has 0 fully saturated rings. The summed E-state index contributed by atoms with van der Waals surface area (Å²) in [6.07, 6.45) is -4.09. The van der Waals surface area contributed by atoms with Crippen molar-refractivity contribution in [3.63, 3.8) is 0 Å². The van der Waals surface area contributed by atoms with Gasteiger partial charge in [-0.25, -0.2) is 0 Å². The molecule has 1 aromatic carbocycles. The van der Waals surface area contributed by atoms with E-state index in [0.29, 0.717) is 6.42 Å². The SMILES string of the molecule is Cc1cc(NC(C)CCCC(F)(F)F)ccc1Br. The molecule has 0 amide bonds. The smallest absolute Gasteiger partial charge is 0.383 e. The predicted molar refractivity (Wildman–Crippen MR) is 71.9 cm³/mol. The molecule has 0 aliphatic rings. The zero-order chi connectivity index (χ0) is 13.8. The molecule has 0 saturated heterocycles. The molecule has 1 rings (SSSR count). The van der Waals surface area contributed by atoms with Crippen molar-refractivity contribution >= 4 is 21.6 Å². The van der Waals surface area contributed by atoms with Gasteiger partial charge in [0.2, 0.25) is 0 Å². The van der Waals surface area contributed by atoms with E-state index in [-0.39, 0.29) is 12.5 Å². The third-order valence-electron chi connectivity index (χ3n) is 2.67. The Morgan fingerprint density at radius 2 is 2.00 bits per heavy atom. The van der Waals surface area contributed by atoms with Gasteiger partial charge in [-0.15, -0.1) is 0 Å². The Morgan fingerprint density at radius 3 is 2.56 bits per heavy atom. The lowest BCUT2D eigenvalue weighted by Gasteiger charge is -2.16. The molecule has 18 heavy (non-hydrogen) atoms. The first-order valence-corrected chi connectivity index (χ1v) is 6.66. The van der Waals surface area contributed by atoms with E-state index in [2.05, 4.69) is 21.2 Å². The number of hydrogen-bond acceptors (Lipinski definition) is 1. The van der Waals surface area contributed by atoms with Crippen LogP contribution in [0.1, 0.15) is 31.7 Å². The highest BCUT2D eigenvalue weighted by Gasteiger charge is 2.26. The second-order valence-electron chi connectivity index (χ2n) is 4.52. The molecule has 0 bridgehead atoms. The van der Waals surface area contributed by atoms with Crippen molar-refractivity contribution in [3.8, 4) is 0 Å². The molecule has 0 spiro atoms. The van der Waals surface area contributed by atoms with E-state index in [1.54, 1.807) is 0 Å². The molecule has 0 aromatic heterocycles. The Labute approximate surface area is 114 Å². The maximum atomic E-state index is 12.0. The molecule has 0 aliphatic heterocycles. The molecule has 0 radical (unpaired) electrons. The summed E-state index contributed by atoms with van der Waals surface area (Å²) in [5.41, 5.74) is 2.04. The number of anilines is 1. The predicted octanol–water partition coefficient (Wildman–Crippen LogP) is 5.29. The number of hydrogen-bond donors (Lipinski definition) is 1. The highest BCUT2D eigenvalue weighted by Crippen LogP contribution is 2.24. The van der Waals surface area contributed by atoms with Crippen LogP contribution in [0.15, 0.2) is 22.7 Å².